The number of hydrogen-bond acceptors (Lipinski definition) is 8. The zero-order chi connectivity index (χ0) is 28.7. The van der Waals surface area contributed by atoms with Gasteiger partial charge < -0.3 is 28.4 Å². The van der Waals surface area contributed by atoms with Crippen molar-refractivity contribution in [2.45, 2.75) is 37.0 Å². The number of rotatable bonds is 7. The molecule has 0 saturated carbocycles. The SMILES string of the molecule is O=C(O[C@H]1CO[C@@H](c2ccccc2)O[C@H]1[C@H]1O[C@@H](c2ccccc2)OC[C@H]1OC(=O)c1ccccc1)c1ccccc1. The Bertz CT molecular complexity index is 1340. The Morgan fingerprint density at radius 2 is 0.833 bits per heavy atom. The maximum Gasteiger partial charge on any atom is 0.338 e. The van der Waals surface area contributed by atoms with Crippen LogP contribution < -0.4 is 0 Å². The zero-order valence-corrected chi connectivity index (χ0v) is 22.7. The van der Waals surface area contributed by atoms with Crippen molar-refractivity contribution in [3.63, 3.8) is 0 Å². The van der Waals surface area contributed by atoms with Crippen LogP contribution in [0.2, 0.25) is 0 Å². The van der Waals surface area contributed by atoms with Gasteiger partial charge in [0, 0.05) is 11.1 Å². The molecule has 2 saturated heterocycles. The lowest BCUT2D eigenvalue weighted by Gasteiger charge is -2.44. The maximum absolute atomic E-state index is 13.1. The van der Waals surface area contributed by atoms with Crippen LogP contribution in [-0.4, -0.2) is 49.6 Å². The van der Waals surface area contributed by atoms with Gasteiger partial charge in [0.25, 0.3) is 0 Å². The molecule has 0 amide bonds. The van der Waals surface area contributed by atoms with Crippen LogP contribution in [0.25, 0.3) is 0 Å². The minimum atomic E-state index is -0.866. The largest absolute Gasteiger partial charge is 0.453 e. The third-order valence-corrected chi connectivity index (χ3v) is 7.12. The Hall–Kier alpha value is -4.34. The van der Waals surface area contributed by atoms with Crippen LogP contribution in [0.3, 0.4) is 0 Å². The lowest BCUT2D eigenvalue weighted by molar-refractivity contribution is -0.330. The molecular weight excluding hydrogens is 536 g/mol. The van der Waals surface area contributed by atoms with Gasteiger partial charge in [0.2, 0.25) is 0 Å². The first-order valence-electron chi connectivity index (χ1n) is 13.8. The molecular formula is C34H30O8. The van der Waals surface area contributed by atoms with Crippen LogP contribution in [0.1, 0.15) is 44.4 Å². The fraction of sp³-hybridized carbons (Fsp3) is 0.235. The Kier molecular flexibility index (Phi) is 8.67. The third kappa shape index (κ3) is 6.42. The van der Waals surface area contributed by atoms with E-state index in [1.807, 2.05) is 72.8 Å². The van der Waals surface area contributed by atoms with Crippen molar-refractivity contribution in [2.24, 2.45) is 0 Å². The first kappa shape index (κ1) is 27.8. The second-order valence-electron chi connectivity index (χ2n) is 9.97. The van der Waals surface area contributed by atoms with Crippen LogP contribution in [0.15, 0.2) is 121 Å². The van der Waals surface area contributed by atoms with Crippen molar-refractivity contribution in [2.75, 3.05) is 13.2 Å². The van der Waals surface area contributed by atoms with Crippen molar-refractivity contribution in [3.8, 4) is 0 Å². The number of hydrogen-bond donors (Lipinski definition) is 0. The highest BCUT2D eigenvalue weighted by atomic mass is 16.7. The Labute approximate surface area is 243 Å². The van der Waals surface area contributed by atoms with Gasteiger partial charge in [0.1, 0.15) is 12.2 Å². The summed E-state index contributed by atoms with van der Waals surface area (Å²) in [5, 5.41) is 0. The van der Waals surface area contributed by atoms with Gasteiger partial charge >= 0.3 is 11.9 Å². The van der Waals surface area contributed by atoms with E-state index in [1.54, 1.807) is 48.5 Å². The molecule has 6 rings (SSSR count). The van der Waals surface area contributed by atoms with Crippen LogP contribution in [0.4, 0.5) is 0 Å². The first-order chi connectivity index (χ1) is 20.7. The van der Waals surface area contributed by atoms with Gasteiger partial charge in [-0.3, -0.25) is 0 Å². The summed E-state index contributed by atoms with van der Waals surface area (Å²) in [6.07, 6.45) is -4.96. The van der Waals surface area contributed by atoms with Crippen LogP contribution in [0, 0.1) is 0 Å². The predicted octanol–water partition coefficient (Wildman–Crippen LogP) is 5.67. The highest BCUT2D eigenvalue weighted by Crippen LogP contribution is 2.37. The van der Waals surface area contributed by atoms with Gasteiger partial charge in [-0.05, 0) is 24.3 Å². The summed E-state index contributed by atoms with van der Waals surface area (Å²) in [7, 11) is 0. The van der Waals surface area contributed by atoms with E-state index in [2.05, 4.69) is 0 Å². The third-order valence-electron chi connectivity index (χ3n) is 7.12. The first-order valence-corrected chi connectivity index (χ1v) is 13.8. The second-order valence-corrected chi connectivity index (χ2v) is 9.97. The van der Waals surface area contributed by atoms with Crippen molar-refractivity contribution in [1.82, 2.24) is 0 Å². The topological polar surface area (TPSA) is 89.5 Å². The van der Waals surface area contributed by atoms with Gasteiger partial charge in [-0.15, -0.1) is 0 Å². The molecule has 8 heteroatoms. The van der Waals surface area contributed by atoms with E-state index in [4.69, 9.17) is 28.4 Å². The molecule has 0 unspecified atom stereocenters. The van der Waals surface area contributed by atoms with E-state index in [9.17, 15) is 9.59 Å². The standard InChI is InChI=1S/C34H30O8/c35-31(23-13-5-1-6-14-23)39-27-21-37-33(25-17-9-3-10-18-25)41-29(27)30-28(40-32(36)24-15-7-2-8-16-24)22-38-34(42-30)26-19-11-4-12-20-26/h1-20,27-30,33-34H,21-22H2/t27-,28+,29+,30-,33+,34-. The normalized spacial score (nSPS) is 25.7. The molecule has 6 atom stereocenters. The molecule has 0 bridgehead atoms. The number of carbonyl (C=O) groups excluding carboxylic acids is 2. The number of ether oxygens (including phenoxy) is 6. The molecule has 214 valence electrons. The Balaban J connectivity index is 1.32. The van der Waals surface area contributed by atoms with Gasteiger partial charge in [0.15, 0.2) is 24.8 Å². The van der Waals surface area contributed by atoms with Gasteiger partial charge in [0.05, 0.1) is 24.3 Å². The molecule has 8 nitrogen and oxygen atoms in total. The van der Waals surface area contributed by atoms with E-state index in [1.165, 1.54) is 0 Å². The molecule has 0 aromatic heterocycles. The quantitative estimate of drug-likeness (QED) is 0.265. The van der Waals surface area contributed by atoms with E-state index in [-0.39, 0.29) is 13.2 Å². The molecule has 42 heavy (non-hydrogen) atoms. The molecule has 0 spiro atoms. The van der Waals surface area contributed by atoms with Crippen LogP contribution in [-0.2, 0) is 28.4 Å². The summed E-state index contributed by atoms with van der Waals surface area (Å²) in [5.74, 6) is -1.05. The number of esters is 2. The molecule has 0 N–H and O–H groups in total. The average Bonchev–Trinajstić information content (AvgIpc) is 3.07. The smallest absolute Gasteiger partial charge is 0.338 e. The molecule has 0 radical (unpaired) electrons. The zero-order valence-electron chi connectivity index (χ0n) is 22.7. The van der Waals surface area contributed by atoms with Crippen molar-refractivity contribution >= 4 is 11.9 Å². The van der Waals surface area contributed by atoms with Crippen molar-refractivity contribution in [1.29, 1.82) is 0 Å². The monoisotopic (exact) mass is 566 g/mol. The molecule has 2 heterocycles. The fourth-order valence-corrected chi connectivity index (χ4v) is 5.00. The Morgan fingerprint density at radius 1 is 0.500 bits per heavy atom. The van der Waals surface area contributed by atoms with Crippen molar-refractivity contribution < 1.29 is 38.0 Å². The van der Waals surface area contributed by atoms with Crippen molar-refractivity contribution in [3.05, 3.63) is 144 Å². The maximum atomic E-state index is 13.1. The van der Waals surface area contributed by atoms with E-state index >= 15 is 0 Å². The molecule has 0 aliphatic carbocycles. The highest BCUT2D eigenvalue weighted by Gasteiger charge is 2.48. The predicted molar refractivity (Wildman–Crippen MR) is 151 cm³/mol. The van der Waals surface area contributed by atoms with Gasteiger partial charge in [-0.25, -0.2) is 9.59 Å². The highest BCUT2D eigenvalue weighted by molar-refractivity contribution is 5.90. The van der Waals surface area contributed by atoms with Crippen LogP contribution >= 0.6 is 0 Å². The summed E-state index contributed by atoms with van der Waals surface area (Å²) < 4.78 is 37.0. The van der Waals surface area contributed by atoms with Crippen LogP contribution in [0.5, 0.6) is 0 Å². The molecule has 4 aromatic rings. The lowest BCUT2D eigenvalue weighted by atomic mass is 9.99. The lowest BCUT2D eigenvalue weighted by Crippen LogP contribution is -2.58. The Morgan fingerprint density at radius 3 is 1.19 bits per heavy atom. The minimum Gasteiger partial charge on any atom is -0.453 e. The number of benzene rings is 4. The average molecular weight is 567 g/mol. The van der Waals surface area contributed by atoms with Gasteiger partial charge in [-0.2, -0.15) is 0 Å². The second kappa shape index (κ2) is 13.1. The van der Waals surface area contributed by atoms with E-state index in [0.717, 1.165) is 11.1 Å². The van der Waals surface area contributed by atoms with E-state index < -0.39 is 48.9 Å². The minimum absolute atomic E-state index is 0.0405. The number of carbonyl (C=O) groups is 2. The molecule has 2 aliphatic heterocycles. The van der Waals surface area contributed by atoms with E-state index in [0.29, 0.717) is 11.1 Å². The van der Waals surface area contributed by atoms with Gasteiger partial charge in [-0.1, -0.05) is 97.1 Å². The summed E-state index contributed by atoms with van der Waals surface area (Å²) in [6, 6.07) is 36.3. The fourth-order valence-electron chi connectivity index (χ4n) is 5.00. The molecule has 4 aromatic carbocycles. The molecule has 2 aliphatic rings. The summed E-state index contributed by atoms with van der Waals surface area (Å²) in [5.41, 5.74) is 2.37. The summed E-state index contributed by atoms with van der Waals surface area (Å²) in [6.45, 7) is 0.0811. The molecule has 2 fully saturated rings. The summed E-state index contributed by atoms with van der Waals surface area (Å²) >= 11 is 0. The summed E-state index contributed by atoms with van der Waals surface area (Å²) in [4.78, 5) is 26.3.